The van der Waals surface area contributed by atoms with Gasteiger partial charge in [-0.1, -0.05) is 0 Å². The van der Waals surface area contributed by atoms with E-state index in [1.165, 1.54) is 6.21 Å². The lowest BCUT2D eigenvalue weighted by Gasteiger charge is -2.02. The second-order valence-corrected chi connectivity index (χ2v) is 2.53. The summed E-state index contributed by atoms with van der Waals surface area (Å²) in [6.45, 7) is -0.343. The third-order valence-corrected chi connectivity index (χ3v) is 1.47. The van der Waals surface area contributed by atoms with E-state index in [0.29, 0.717) is 5.75 Å². The van der Waals surface area contributed by atoms with Crippen molar-refractivity contribution in [3.8, 4) is 5.75 Å². The number of ether oxygens (including phenoxy) is 1. The average molecular weight is 231 g/mol. The molecule has 0 saturated carbocycles. The van der Waals surface area contributed by atoms with E-state index in [2.05, 4.69) is 5.10 Å². The molecule has 1 rings (SSSR count). The lowest BCUT2D eigenvalue weighted by molar-refractivity contribution is -0.139. The van der Waals surface area contributed by atoms with Crippen molar-refractivity contribution in [1.29, 1.82) is 0 Å². The molecule has 6 heteroatoms. The highest BCUT2D eigenvalue weighted by Crippen LogP contribution is 2.10. The SMILES string of the molecule is Cl.N/N=C/c1ccc(OCC(=O)O)cc1. The van der Waals surface area contributed by atoms with Gasteiger partial charge in [0.1, 0.15) is 5.75 Å². The highest BCUT2D eigenvalue weighted by atomic mass is 35.5. The maximum absolute atomic E-state index is 10.2. The molecule has 1 aromatic rings. The number of halogens is 1. The van der Waals surface area contributed by atoms with Crippen LogP contribution in [-0.2, 0) is 4.79 Å². The number of benzene rings is 1. The number of carboxylic acid groups (broad SMARTS) is 1. The van der Waals surface area contributed by atoms with E-state index in [1.807, 2.05) is 0 Å². The van der Waals surface area contributed by atoms with E-state index in [-0.39, 0.29) is 19.0 Å². The first-order valence-corrected chi connectivity index (χ1v) is 3.90. The molecular weight excluding hydrogens is 220 g/mol. The van der Waals surface area contributed by atoms with Crippen LogP contribution in [0.25, 0.3) is 0 Å². The Labute approximate surface area is 93.0 Å². The predicted molar refractivity (Wildman–Crippen MR) is 58.6 cm³/mol. The van der Waals surface area contributed by atoms with Gasteiger partial charge in [-0.3, -0.25) is 0 Å². The normalized spacial score (nSPS) is 9.60. The quantitative estimate of drug-likeness (QED) is 0.457. The summed E-state index contributed by atoms with van der Waals surface area (Å²) < 4.78 is 4.93. The predicted octanol–water partition coefficient (Wildman–Crippen LogP) is 0.864. The van der Waals surface area contributed by atoms with Gasteiger partial charge in [0.2, 0.25) is 0 Å². The number of nitrogens with zero attached hydrogens (tertiary/aromatic N) is 1. The molecule has 0 saturated heterocycles. The van der Waals surface area contributed by atoms with Crippen molar-refractivity contribution in [1.82, 2.24) is 0 Å². The summed E-state index contributed by atoms with van der Waals surface area (Å²) in [6, 6.07) is 6.76. The van der Waals surface area contributed by atoms with Crippen LogP contribution in [0.2, 0.25) is 0 Å². The molecule has 0 spiro atoms. The molecule has 0 aliphatic rings. The molecule has 0 unspecified atom stereocenters. The van der Waals surface area contributed by atoms with Gasteiger partial charge in [-0.05, 0) is 29.8 Å². The minimum atomic E-state index is -1.00. The maximum atomic E-state index is 10.2. The van der Waals surface area contributed by atoms with Crippen LogP contribution in [-0.4, -0.2) is 23.9 Å². The zero-order chi connectivity index (χ0) is 10.4. The number of carboxylic acids is 1. The maximum Gasteiger partial charge on any atom is 0.341 e. The molecule has 15 heavy (non-hydrogen) atoms. The summed E-state index contributed by atoms with van der Waals surface area (Å²) in [5.74, 6) is 4.46. The Morgan fingerprint density at radius 2 is 2.07 bits per heavy atom. The second-order valence-electron chi connectivity index (χ2n) is 2.53. The van der Waals surface area contributed by atoms with Crippen LogP contribution >= 0.6 is 12.4 Å². The molecule has 0 radical (unpaired) electrons. The Balaban J connectivity index is 0.00000196. The number of hydrogen-bond acceptors (Lipinski definition) is 4. The zero-order valence-corrected chi connectivity index (χ0v) is 8.61. The fourth-order valence-electron chi connectivity index (χ4n) is 0.881. The summed E-state index contributed by atoms with van der Waals surface area (Å²) >= 11 is 0. The standard InChI is InChI=1S/C9H10N2O3.ClH/c10-11-5-7-1-3-8(4-2-7)14-6-9(12)13;/h1-5H,6,10H2,(H,12,13);1H/b11-5+;. The molecular formula is C9H11ClN2O3. The van der Waals surface area contributed by atoms with Crippen LogP contribution in [0.3, 0.4) is 0 Å². The van der Waals surface area contributed by atoms with Crippen molar-refractivity contribution in [2.45, 2.75) is 0 Å². The number of hydrogen-bond donors (Lipinski definition) is 2. The molecule has 0 amide bonds. The number of aliphatic carboxylic acids is 1. The zero-order valence-electron chi connectivity index (χ0n) is 7.79. The highest BCUT2D eigenvalue weighted by Gasteiger charge is 1.98. The van der Waals surface area contributed by atoms with Gasteiger partial charge in [0.25, 0.3) is 0 Å². The third kappa shape index (κ3) is 4.87. The molecule has 82 valence electrons. The van der Waals surface area contributed by atoms with E-state index in [0.717, 1.165) is 5.56 Å². The van der Waals surface area contributed by atoms with Crippen LogP contribution in [0.1, 0.15) is 5.56 Å². The first-order chi connectivity index (χ1) is 6.72. The summed E-state index contributed by atoms with van der Waals surface area (Å²) in [4.78, 5) is 10.2. The van der Waals surface area contributed by atoms with Crippen LogP contribution < -0.4 is 10.6 Å². The van der Waals surface area contributed by atoms with Crippen molar-refractivity contribution in [3.63, 3.8) is 0 Å². The number of rotatable bonds is 4. The molecule has 0 heterocycles. The van der Waals surface area contributed by atoms with Crippen molar-refractivity contribution in [2.75, 3.05) is 6.61 Å². The summed E-state index contributed by atoms with van der Waals surface area (Å²) in [5.41, 5.74) is 0.829. The molecule has 1 aromatic carbocycles. The minimum absolute atomic E-state index is 0. The van der Waals surface area contributed by atoms with Gasteiger partial charge < -0.3 is 15.7 Å². The van der Waals surface area contributed by atoms with Crippen molar-refractivity contribution in [3.05, 3.63) is 29.8 Å². The van der Waals surface area contributed by atoms with Crippen molar-refractivity contribution < 1.29 is 14.6 Å². The van der Waals surface area contributed by atoms with E-state index in [4.69, 9.17) is 15.7 Å². The second kappa shape index (κ2) is 6.67. The first kappa shape index (κ1) is 13.2. The number of hydrazone groups is 1. The third-order valence-electron chi connectivity index (χ3n) is 1.47. The van der Waals surface area contributed by atoms with Gasteiger partial charge in [0, 0.05) is 0 Å². The van der Waals surface area contributed by atoms with E-state index in [1.54, 1.807) is 24.3 Å². The van der Waals surface area contributed by atoms with Gasteiger partial charge in [-0.25, -0.2) is 4.79 Å². The Hall–Kier alpha value is -1.75. The Kier molecular flexibility index (Phi) is 5.89. The number of carbonyl (C=O) groups is 1. The fourth-order valence-corrected chi connectivity index (χ4v) is 0.881. The lowest BCUT2D eigenvalue weighted by Crippen LogP contribution is -2.09. The average Bonchev–Trinajstić information content (AvgIpc) is 2.17. The molecule has 0 bridgehead atoms. The topological polar surface area (TPSA) is 84.9 Å². The van der Waals surface area contributed by atoms with E-state index in [9.17, 15) is 4.79 Å². The van der Waals surface area contributed by atoms with Crippen molar-refractivity contribution >= 4 is 24.6 Å². The Bertz CT molecular complexity index is 338. The van der Waals surface area contributed by atoms with Crippen LogP contribution in [0.4, 0.5) is 0 Å². The van der Waals surface area contributed by atoms with Gasteiger partial charge >= 0.3 is 5.97 Å². The molecule has 3 N–H and O–H groups in total. The van der Waals surface area contributed by atoms with Gasteiger partial charge in [-0.15, -0.1) is 12.4 Å². The molecule has 0 aliphatic heterocycles. The van der Waals surface area contributed by atoms with Crippen molar-refractivity contribution in [2.24, 2.45) is 10.9 Å². The molecule has 0 atom stereocenters. The number of nitrogens with two attached hydrogens (primary N) is 1. The summed E-state index contributed by atoms with van der Waals surface area (Å²) in [7, 11) is 0. The van der Waals surface area contributed by atoms with E-state index >= 15 is 0 Å². The fraction of sp³-hybridized carbons (Fsp3) is 0.111. The monoisotopic (exact) mass is 230 g/mol. The summed E-state index contributed by atoms with van der Waals surface area (Å²) in [6.07, 6.45) is 1.49. The molecule has 5 nitrogen and oxygen atoms in total. The Morgan fingerprint density at radius 1 is 1.47 bits per heavy atom. The first-order valence-electron chi connectivity index (χ1n) is 3.90. The van der Waals surface area contributed by atoms with Gasteiger partial charge in [0.15, 0.2) is 6.61 Å². The summed E-state index contributed by atoms with van der Waals surface area (Å²) in [5, 5.41) is 11.7. The van der Waals surface area contributed by atoms with Gasteiger partial charge in [0.05, 0.1) is 6.21 Å². The van der Waals surface area contributed by atoms with Crippen LogP contribution in [0.5, 0.6) is 5.75 Å². The Morgan fingerprint density at radius 3 is 2.53 bits per heavy atom. The highest BCUT2D eigenvalue weighted by molar-refractivity contribution is 5.85. The van der Waals surface area contributed by atoms with E-state index < -0.39 is 5.97 Å². The smallest absolute Gasteiger partial charge is 0.341 e. The largest absolute Gasteiger partial charge is 0.482 e. The van der Waals surface area contributed by atoms with Crippen LogP contribution in [0.15, 0.2) is 29.4 Å². The minimum Gasteiger partial charge on any atom is -0.482 e. The molecule has 0 aliphatic carbocycles. The lowest BCUT2D eigenvalue weighted by atomic mass is 10.2. The molecule has 0 aromatic heterocycles. The molecule has 0 fully saturated rings. The van der Waals surface area contributed by atoms with Crippen LogP contribution in [0, 0.1) is 0 Å². The van der Waals surface area contributed by atoms with Gasteiger partial charge in [-0.2, -0.15) is 5.10 Å².